The number of nitrogens with one attached hydrogen (secondary N) is 2. The molecule has 0 aliphatic rings. The first-order valence-corrected chi connectivity index (χ1v) is 16.2. The van der Waals surface area contributed by atoms with E-state index in [4.69, 9.17) is 4.98 Å². The van der Waals surface area contributed by atoms with Crippen LogP contribution in [-0.2, 0) is 21.2 Å². The third-order valence-corrected chi connectivity index (χ3v) is 9.62. The number of hydrogen-bond acceptors (Lipinski definition) is 6. The molecule has 0 spiro atoms. The summed E-state index contributed by atoms with van der Waals surface area (Å²) in [4.78, 5) is 30.4. The fourth-order valence-electron chi connectivity index (χ4n) is 4.32. The van der Waals surface area contributed by atoms with Crippen molar-refractivity contribution in [1.29, 1.82) is 0 Å². The lowest BCUT2D eigenvalue weighted by molar-refractivity contribution is -0.138. The number of carboxylic acids is 1. The SMILES string of the molecule is Cc1ccc(-c2sc(NC(=O)c3ccc(S(=O)(=O)NC(Cc4ccccc4)C(=O)O)cc3)nc2-c2ccc(Br)cc2)cc1. The third-order valence-electron chi connectivity index (χ3n) is 6.58. The normalized spacial score (nSPS) is 12.0. The van der Waals surface area contributed by atoms with Crippen LogP contribution < -0.4 is 10.0 Å². The average molecular weight is 677 g/mol. The van der Waals surface area contributed by atoms with Crippen LogP contribution in [0.25, 0.3) is 21.7 Å². The van der Waals surface area contributed by atoms with E-state index in [0.29, 0.717) is 10.7 Å². The van der Waals surface area contributed by atoms with Crippen molar-refractivity contribution in [1.82, 2.24) is 9.71 Å². The zero-order chi connectivity index (χ0) is 30.6. The molecule has 0 aliphatic heterocycles. The second-order valence-electron chi connectivity index (χ2n) is 9.75. The van der Waals surface area contributed by atoms with Gasteiger partial charge in [-0.1, -0.05) is 99.6 Å². The predicted molar refractivity (Wildman–Crippen MR) is 172 cm³/mol. The molecular formula is C32H26BrN3O5S2. The van der Waals surface area contributed by atoms with E-state index in [1.165, 1.54) is 35.6 Å². The maximum Gasteiger partial charge on any atom is 0.322 e. The average Bonchev–Trinajstić information content (AvgIpc) is 3.41. The van der Waals surface area contributed by atoms with Gasteiger partial charge in [0.05, 0.1) is 15.5 Å². The molecule has 1 atom stereocenters. The van der Waals surface area contributed by atoms with Gasteiger partial charge in [0.15, 0.2) is 5.13 Å². The minimum absolute atomic E-state index is 0.0173. The van der Waals surface area contributed by atoms with Gasteiger partial charge < -0.3 is 5.11 Å². The Balaban J connectivity index is 1.34. The molecule has 1 unspecified atom stereocenters. The van der Waals surface area contributed by atoms with Gasteiger partial charge in [0.25, 0.3) is 5.91 Å². The summed E-state index contributed by atoms with van der Waals surface area (Å²) in [5.74, 6) is -1.75. The number of carbonyl (C=O) groups is 2. The molecule has 0 bridgehead atoms. The van der Waals surface area contributed by atoms with E-state index in [2.05, 4.69) is 26.0 Å². The minimum atomic E-state index is -4.17. The van der Waals surface area contributed by atoms with E-state index in [1.807, 2.05) is 55.5 Å². The molecule has 0 radical (unpaired) electrons. The second-order valence-corrected chi connectivity index (χ2v) is 13.4. The largest absolute Gasteiger partial charge is 0.480 e. The molecule has 0 aliphatic carbocycles. The molecule has 0 saturated heterocycles. The van der Waals surface area contributed by atoms with Crippen LogP contribution in [0, 0.1) is 6.92 Å². The van der Waals surface area contributed by atoms with E-state index in [9.17, 15) is 23.1 Å². The molecule has 1 heterocycles. The molecule has 1 aromatic heterocycles. The number of sulfonamides is 1. The summed E-state index contributed by atoms with van der Waals surface area (Å²) in [6, 6.07) is 28.5. The molecule has 0 fully saturated rings. The molecule has 8 nitrogen and oxygen atoms in total. The first kappa shape index (κ1) is 30.3. The first-order chi connectivity index (χ1) is 20.6. The number of thiazole rings is 1. The number of halogens is 1. The Morgan fingerprint density at radius 3 is 2.14 bits per heavy atom. The van der Waals surface area contributed by atoms with E-state index in [0.717, 1.165) is 31.7 Å². The molecule has 11 heteroatoms. The monoisotopic (exact) mass is 675 g/mol. The van der Waals surface area contributed by atoms with Crippen LogP contribution in [0.4, 0.5) is 5.13 Å². The maximum atomic E-state index is 13.1. The van der Waals surface area contributed by atoms with Crippen LogP contribution in [-0.4, -0.2) is 36.4 Å². The van der Waals surface area contributed by atoms with E-state index < -0.39 is 27.9 Å². The number of carboxylic acid groups (broad SMARTS) is 1. The Bertz CT molecular complexity index is 1790. The summed E-state index contributed by atoms with van der Waals surface area (Å²) < 4.78 is 29.1. The van der Waals surface area contributed by atoms with E-state index in [-0.39, 0.29) is 16.9 Å². The molecular weight excluding hydrogens is 650 g/mol. The smallest absolute Gasteiger partial charge is 0.322 e. The van der Waals surface area contributed by atoms with Crippen LogP contribution in [0.15, 0.2) is 112 Å². The van der Waals surface area contributed by atoms with Gasteiger partial charge in [-0.25, -0.2) is 13.4 Å². The zero-order valence-electron chi connectivity index (χ0n) is 22.8. The molecule has 4 aromatic carbocycles. The Kier molecular flexibility index (Phi) is 9.16. The van der Waals surface area contributed by atoms with Gasteiger partial charge in [0.1, 0.15) is 6.04 Å². The molecule has 5 aromatic rings. The van der Waals surface area contributed by atoms with Gasteiger partial charge >= 0.3 is 5.97 Å². The van der Waals surface area contributed by atoms with Crippen molar-refractivity contribution in [3.05, 3.63) is 124 Å². The number of carbonyl (C=O) groups excluding carboxylic acids is 1. The first-order valence-electron chi connectivity index (χ1n) is 13.1. The highest BCUT2D eigenvalue weighted by Crippen LogP contribution is 2.39. The predicted octanol–water partition coefficient (Wildman–Crippen LogP) is 6.77. The van der Waals surface area contributed by atoms with Crippen LogP contribution in [0.1, 0.15) is 21.5 Å². The number of anilines is 1. The summed E-state index contributed by atoms with van der Waals surface area (Å²) in [6.45, 7) is 2.01. The second kappa shape index (κ2) is 13.0. The molecule has 1 amide bonds. The van der Waals surface area contributed by atoms with Gasteiger partial charge in [-0.05, 0) is 60.9 Å². The van der Waals surface area contributed by atoms with Crippen LogP contribution in [0.2, 0.25) is 0 Å². The molecule has 218 valence electrons. The summed E-state index contributed by atoms with van der Waals surface area (Å²) in [6.07, 6.45) is -0.0173. The summed E-state index contributed by atoms with van der Waals surface area (Å²) >= 11 is 4.80. The van der Waals surface area contributed by atoms with Gasteiger partial charge in [0.2, 0.25) is 10.0 Å². The highest BCUT2D eigenvalue weighted by molar-refractivity contribution is 9.10. The van der Waals surface area contributed by atoms with Crippen molar-refractivity contribution in [3.8, 4) is 21.7 Å². The fraction of sp³-hybridized carbons (Fsp3) is 0.0938. The van der Waals surface area contributed by atoms with Gasteiger partial charge in [0, 0.05) is 15.6 Å². The van der Waals surface area contributed by atoms with E-state index in [1.54, 1.807) is 30.3 Å². The summed E-state index contributed by atoms with van der Waals surface area (Å²) in [5, 5.41) is 12.8. The topological polar surface area (TPSA) is 125 Å². The number of benzene rings is 4. The maximum absolute atomic E-state index is 13.1. The van der Waals surface area contributed by atoms with E-state index >= 15 is 0 Å². The van der Waals surface area contributed by atoms with Crippen molar-refractivity contribution in [2.24, 2.45) is 0 Å². The molecule has 43 heavy (non-hydrogen) atoms. The zero-order valence-corrected chi connectivity index (χ0v) is 26.0. The Morgan fingerprint density at radius 2 is 1.51 bits per heavy atom. The standard InChI is InChI=1S/C32H26BrN3O5S2/c1-20-7-9-23(10-8-20)29-28(22-11-15-25(33)16-12-22)34-32(42-29)35-30(37)24-13-17-26(18-14-24)43(40,41)36-27(31(38)39)19-21-5-3-2-4-6-21/h2-18,27,36H,19H2,1H3,(H,38,39)(H,34,35,37). The lowest BCUT2D eigenvalue weighted by atomic mass is 10.1. The number of aryl methyl sites for hydroxylation is 1. The third kappa shape index (κ3) is 7.44. The Morgan fingerprint density at radius 1 is 0.884 bits per heavy atom. The molecule has 5 rings (SSSR count). The number of amides is 1. The number of rotatable bonds is 10. The number of aliphatic carboxylic acids is 1. The van der Waals surface area contributed by atoms with Gasteiger partial charge in [-0.15, -0.1) is 0 Å². The van der Waals surface area contributed by atoms with Crippen molar-refractivity contribution < 1.29 is 23.1 Å². The summed E-state index contributed by atoms with van der Waals surface area (Å²) in [7, 11) is -4.17. The van der Waals surface area contributed by atoms with Gasteiger partial charge in [-0.3, -0.25) is 14.9 Å². The Labute approximate surface area is 261 Å². The van der Waals surface area contributed by atoms with Crippen molar-refractivity contribution in [3.63, 3.8) is 0 Å². The van der Waals surface area contributed by atoms with Gasteiger partial charge in [-0.2, -0.15) is 4.72 Å². The number of hydrogen-bond donors (Lipinski definition) is 3. The highest BCUT2D eigenvalue weighted by atomic mass is 79.9. The number of aromatic nitrogens is 1. The van der Waals surface area contributed by atoms with Crippen LogP contribution in [0.3, 0.4) is 0 Å². The lowest BCUT2D eigenvalue weighted by Crippen LogP contribution is -2.42. The van der Waals surface area contributed by atoms with Crippen molar-refractivity contribution in [2.75, 3.05) is 5.32 Å². The minimum Gasteiger partial charge on any atom is -0.480 e. The molecule has 3 N–H and O–H groups in total. The lowest BCUT2D eigenvalue weighted by Gasteiger charge is -2.15. The number of nitrogens with zero attached hydrogens (tertiary/aromatic N) is 1. The van der Waals surface area contributed by atoms with Crippen LogP contribution >= 0.6 is 27.3 Å². The Hall–Kier alpha value is -4.16. The van der Waals surface area contributed by atoms with Crippen molar-refractivity contribution in [2.45, 2.75) is 24.3 Å². The summed E-state index contributed by atoms with van der Waals surface area (Å²) in [5.41, 5.74) is 4.62. The van der Waals surface area contributed by atoms with Crippen molar-refractivity contribution >= 4 is 54.3 Å². The highest BCUT2D eigenvalue weighted by Gasteiger charge is 2.26. The molecule has 0 saturated carbocycles. The fourth-order valence-corrected chi connectivity index (χ4v) is 6.76. The quantitative estimate of drug-likeness (QED) is 0.150. The van der Waals surface area contributed by atoms with Crippen LogP contribution in [0.5, 0.6) is 0 Å².